The van der Waals surface area contributed by atoms with Gasteiger partial charge in [-0.1, -0.05) is 74.5 Å². The maximum Gasteiger partial charge on any atom is 0.0547 e. The first-order valence-electron chi connectivity index (χ1n) is 20.0. The monoisotopic (exact) mass is 720 g/mol. The van der Waals surface area contributed by atoms with Crippen LogP contribution in [-0.4, -0.2) is 18.3 Å². The van der Waals surface area contributed by atoms with Crippen LogP contribution in [0.4, 0.5) is 0 Å². The van der Waals surface area contributed by atoms with Gasteiger partial charge in [-0.3, -0.25) is 0 Å². The molecule has 0 saturated carbocycles. The largest absolute Gasteiger partial charge is 0.317 e. The quantitative estimate of drug-likeness (QED) is 0.172. The van der Waals surface area contributed by atoms with Gasteiger partial charge in [0.15, 0.2) is 0 Å². The lowest BCUT2D eigenvalue weighted by Crippen LogP contribution is -2.31. The number of allylic oxidation sites excluding steroid dienone is 1. The topological polar surface area (TPSA) is 19.7 Å². The van der Waals surface area contributed by atoms with Gasteiger partial charge in [-0.05, 0) is 133 Å². The van der Waals surface area contributed by atoms with Crippen LogP contribution >= 0.6 is 0 Å². The summed E-state index contributed by atoms with van der Waals surface area (Å²) in [5.74, 6) is 1.13. The maximum atomic E-state index is 2.44. The van der Waals surface area contributed by atoms with Gasteiger partial charge in [0.25, 0.3) is 0 Å². The fraction of sp³-hybridized carbons (Fsp3) is 0.115. The molecule has 4 heteroatoms. The molecule has 4 aromatic heterocycles. The zero-order valence-electron chi connectivity index (χ0n) is 31.5. The highest BCUT2D eigenvalue weighted by Gasteiger charge is 2.18. The van der Waals surface area contributed by atoms with Gasteiger partial charge >= 0.3 is 0 Å². The molecule has 2 atom stereocenters. The number of hydrogen-bond acceptors (Lipinski definition) is 0. The van der Waals surface area contributed by atoms with E-state index in [1.54, 1.807) is 0 Å². The minimum absolute atomic E-state index is 0.556. The Balaban J connectivity index is 0.896. The molecule has 0 fully saturated rings. The number of para-hydroxylation sites is 2. The van der Waals surface area contributed by atoms with E-state index in [4.69, 9.17) is 0 Å². The second-order valence-corrected chi connectivity index (χ2v) is 16.1. The summed E-state index contributed by atoms with van der Waals surface area (Å²) in [6.07, 6.45) is 16.1. The minimum Gasteiger partial charge on any atom is -0.317 e. The number of benzene rings is 6. The van der Waals surface area contributed by atoms with Crippen molar-refractivity contribution < 1.29 is 0 Å². The molecule has 4 heterocycles. The second-order valence-electron chi connectivity index (χ2n) is 16.1. The summed E-state index contributed by atoms with van der Waals surface area (Å²) in [5.41, 5.74) is 13.6. The van der Waals surface area contributed by atoms with Crippen LogP contribution in [0.3, 0.4) is 0 Å². The molecule has 0 bridgehead atoms. The van der Waals surface area contributed by atoms with Gasteiger partial charge in [-0.25, -0.2) is 0 Å². The fourth-order valence-corrected chi connectivity index (χ4v) is 9.70. The van der Waals surface area contributed by atoms with Crippen molar-refractivity contribution >= 4 is 72.7 Å². The molecule has 56 heavy (non-hydrogen) atoms. The van der Waals surface area contributed by atoms with Crippen LogP contribution in [0.2, 0.25) is 0 Å². The van der Waals surface area contributed by atoms with Gasteiger partial charge in [0.05, 0.1) is 27.6 Å². The Labute approximate surface area is 324 Å². The summed E-state index contributed by atoms with van der Waals surface area (Å²) in [7, 11) is 0. The third kappa shape index (κ3) is 4.65. The van der Waals surface area contributed by atoms with Crippen LogP contribution in [0.15, 0.2) is 152 Å². The molecule has 4 nitrogen and oxygen atoms in total. The molecule has 10 aromatic rings. The SMILES string of the molecule is CC1C=c2c(n(-c3ccc(-n4ccc5cc6c(ccn6-c6ccc(-n7c8ccccc8c8cc9c(cc87)C=CC(C)C9)cc6)cc54)cc3)c3ccccc23)=CC1. The molecule has 0 spiro atoms. The summed E-state index contributed by atoms with van der Waals surface area (Å²) in [6, 6.07) is 49.7. The van der Waals surface area contributed by atoms with Crippen molar-refractivity contribution in [1.82, 2.24) is 18.3 Å². The first-order chi connectivity index (χ1) is 27.6. The van der Waals surface area contributed by atoms with E-state index in [0.717, 1.165) is 24.2 Å². The Morgan fingerprint density at radius 2 is 1.09 bits per heavy atom. The number of hydrogen-bond donors (Lipinski definition) is 0. The molecule has 12 rings (SSSR count). The number of nitrogens with zero attached hydrogens (tertiary/aromatic N) is 4. The highest BCUT2D eigenvalue weighted by molar-refractivity contribution is 6.10. The van der Waals surface area contributed by atoms with Crippen molar-refractivity contribution in [1.29, 1.82) is 0 Å². The minimum atomic E-state index is 0.556. The van der Waals surface area contributed by atoms with Crippen molar-refractivity contribution in [3.8, 4) is 22.7 Å². The van der Waals surface area contributed by atoms with Crippen LogP contribution in [0.25, 0.3) is 95.5 Å². The predicted octanol–water partition coefficient (Wildman–Crippen LogP) is 11.4. The molecule has 6 aromatic carbocycles. The number of aromatic nitrogens is 4. The number of rotatable bonds is 4. The van der Waals surface area contributed by atoms with E-state index in [9.17, 15) is 0 Å². The smallest absolute Gasteiger partial charge is 0.0547 e. The molecule has 2 unspecified atom stereocenters. The van der Waals surface area contributed by atoms with Crippen molar-refractivity contribution in [2.75, 3.05) is 0 Å². The predicted molar refractivity (Wildman–Crippen MR) is 235 cm³/mol. The summed E-state index contributed by atoms with van der Waals surface area (Å²) in [5, 5.41) is 9.07. The second kappa shape index (κ2) is 11.9. The third-order valence-corrected chi connectivity index (χ3v) is 12.4. The molecule has 0 amide bonds. The van der Waals surface area contributed by atoms with Crippen LogP contribution in [0, 0.1) is 11.8 Å². The van der Waals surface area contributed by atoms with Gasteiger partial charge in [-0.15, -0.1) is 0 Å². The Bertz CT molecular complexity index is 3380. The Hall–Kier alpha value is -6.78. The molecule has 0 N–H and O–H groups in total. The zero-order valence-corrected chi connectivity index (χ0v) is 31.5. The van der Waals surface area contributed by atoms with E-state index in [0.29, 0.717) is 11.8 Å². The molecule has 268 valence electrons. The number of fused-ring (bicyclic) bond motifs is 9. The van der Waals surface area contributed by atoms with Crippen LogP contribution in [0.5, 0.6) is 0 Å². The van der Waals surface area contributed by atoms with Gasteiger partial charge in [0.1, 0.15) is 0 Å². The highest BCUT2D eigenvalue weighted by atomic mass is 15.0. The van der Waals surface area contributed by atoms with E-state index in [1.165, 1.54) is 87.6 Å². The zero-order chi connectivity index (χ0) is 37.1. The third-order valence-electron chi connectivity index (χ3n) is 12.4. The average molecular weight is 721 g/mol. The van der Waals surface area contributed by atoms with E-state index >= 15 is 0 Å². The lowest BCUT2D eigenvalue weighted by Gasteiger charge is -2.17. The van der Waals surface area contributed by atoms with Crippen molar-refractivity contribution in [3.05, 3.63) is 174 Å². The lowest BCUT2D eigenvalue weighted by atomic mass is 9.89. The van der Waals surface area contributed by atoms with Gasteiger partial charge < -0.3 is 18.3 Å². The lowest BCUT2D eigenvalue weighted by molar-refractivity contribution is 0.718. The summed E-state index contributed by atoms with van der Waals surface area (Å²) < 4.78 is 9.49. The standard InChI is InChI=1S/C52H40N4/c1-33-11-13-35-30-52-46(29-38(35)27-33)44-8-4-6-10-48(44)56(52)42-20-16-40(17-21-42)54-26-24-37-31-50-36(32-51(37)54)23-25-53(50)39-14-18-41(19-15-39)55-47-9-5-3-7-43(47)45-28-34(2)12-22-49(45)55/h3-11,13-26,28-34H,12,27H2,1-2H3. The van der Waals surface area contributed by atoms with Crippen LogP contribution in [0.1, 0.15) is 31.4 Å². The van der Waals surface area contributed by atoms with E-state index in [-0.39, 0.29) is 0 Å². The Morgan fingerprint density at radius 1 is 0.500 bits per heavy atom. The maximum absolute atomic E-state index is 2.44. The molecular weight excluding hydrogens is 681 g/mol. The van der Waals surface area contributed by atoms with Crippen molar-refractivity contribution in [2.45, 2.75) is 26.7 Å². The van der Waals surface area contributed by atoms with Crippen molar-refractivity contribution in [2.24, 2.45) is 11.8 Å². The van der Waals surface area contributed by atoms with Crippen molar-refractivity contribution in [3.63, 3.8) is 0 Å². The van der Waals surface area contributed by atoms with Crippen LogP contribution in [-0.2, 0) is 6.42 Å². The summed E-state index contributed by atoms with van der Waals surface area (Å²) >= 11 is 0. The molecular formula is C52H40N4. The average Bonchev–Trinajstić information content (AvgIpc) is 4.00. The first-order valence-corrected chi connectivity index (χ1v) is 20.0. The Morgan fingerprint density at radius 3 is 1.77 bits per heavy atom. The van der Waals surface area contributed by atoms with Gasteiger partial charge in [-0.2, -0.15) is 0 Å². The molecule has 0 saturated heterocycles. The molecule has 2 aliphatic rings. The first kappa shape index (κ1) is 31.6. The molecule has 0 radical (unpaired) electrons. The summed E-state index contributed by atoms with van der Waals surface area (Å²) in [6.45, 7) is 4.61. The molecule has 0 aliphatic heterocycles. The summed E-state index contributed by atoms with van der Waals surface area (Å²) in [4.78, 5) is 0. The van der Waals surface area contributed by atoms with E-state index in [1.807, 2.05) is 0 Å². The van der Waals surface area contributed by atoms with Crippen LogP contribution < -0.4 is 10.6 Å². The highest BCUT2D eigenvalue weighted by Crippen LogP contribution is 2.37. The van der Waals surface area contributed by atoms with E-state index in [2.05, 4.69) is 202 Å². The Kier molecular flexibility index (Phi) is 6.68. The normalized spacial score (nSPS) is 16.5. The van der Waals surface area contributed by atoms with Gasteiger partial charge in [0, 0.05) is 72.6 Å². The van der Waals surface area contributed by atoms with E-state index < -0.39 is 0 Å². The molecule has 2 aliphatic carbocycles. The fourth-order valence-electron chi connectivity index (χ4n) is 9.70. The van der Waals surface area contributed by atoms with Gasteiger partial charge in [0.2, 0.25) is 0 Å².